The van der Waals surface area contributed by atoms with E-state index in [9.17, 15) is 23.6 Å². The van der Waals surface area contributed by atoms with E-state index >= 15 is 0 Å². The number of hydrogen-bond donors (Lipinski definition) is 2. The van der Waals surface area contributed by atoms with Gasteiger partial charge in [0.1, 0.15) is 12.4 Å². The van der Waals surface area contributed by atoms with Crippen molar-refractivity contribution in [1.29, 1.82) is 0 Å². The van der Waals surface area contributed by atoms with E-state index in [0.29, 0.717) is 23.0 Å². The zero-order valence-corrected chi connectivity index (χ0v) is 18.3. The highest BCUT2D eigenvalue weighted by Crippen LogP contribution is 2.37. The molecule has 1 heterocycles. The highest BCUT2D eigenvalue weighted by Gasteiger charge is 2.36. The van der Waals surface area contributed by atoms with Crippen molar-refractivity contribution in [3.63, 3.8) is 0 Å². The second-order valence-corrected chi connectivity index (χ2v) is 7.79. The van der Waals surface area contributed by atoms with Crippen molar-refractivity contribution in [2.75, 3.05) is 19.0 Å². The summed E-state index contributed by atoms with van der Waals surface area (Å²) in [5, 5.41) is 11.0. The number of thioether (sulfide) groups is 1. The lowest BCUT2D eigenvalue weighted by atomic mass is 10.1. The van der Waals surface area contributed by atoms with Gasteiger partial charge in [-0.05, 0) is 55.1 Å². The average molecular weight is 474 g/mol. The van der Waals surface area contributed by atoms with Gasteiger partial charge in [0.15, 0.2) is 17.6 Å². The maximum absolute atomic E-state index is 13.0. The van der Waals surface area contributed by atoms with Crippen LogP contribution >= 0.6 is 11.8 Å². The Labute approximate surface area is 192 Å². The van der Waals surface area contributed by atoms with Crippen LogP contribution in [0.4, 0.5) is 14.9 Å². The zero-order chi connectivity index (χ0) is 24.1. The van der Waals surface area contributed by atoms with Crippen molar-refractivity contribution in [3.05, 3.63) is 58.8 Å². The molecule has 1 atom stereocenters. The number of nitrogens with zero attached hydrogens (tertiary/aromatic N) is 1. The minimum Gasteiger partial charge on any atom is -0.493 e. The van der Waals surface area contributed by atoms with Crippen LogP contribution in [-0.2, 0) is 14.4 Å². The molecule has 1 fully saturated rings. The minimum atomic E-state index is -1.20. The van der Waals surface area contributed by atoms with Gasteiger partial charge in [0.05, 0.1) is 12.0 Å². The fourth-order valence-electron chi connectivity index (χ4n) is 2.82. The first-order chi connectivity index (χ1) is 15.7. The highest BCUT2D eigenvalue weighted by atomic mass is 32.2. The maximum Gasteiger partial charge on any atom is 0.344 e. The zero-order valence-electron chi connectivity index (χ0n) is 17.5. The lowest BCUT2D eigenvalue weighted by Crippen LogP contribution is -2.36. The number of imide groups is 1. The van der Waals surface area contributed by atoms with Crippen molar-refractivity contribution in [3.8, 4) is 11.5 Å². The Morgan fingerprint density at radius 2 is 1.91 bits per heavy atom. The molecular weight excluding hydrogens is 455 g/mol. The number of halogens is 1. The second-order valence-electron chi connectivity index (χ2n) is 6.80. The molecule has 3 amide bonds. The van der Waals surface area contributed by atoms with Crippen LogP contribution < -0.4 is 14.8 Å². The summed E-state index contributed by atoms with van der Waals surface area (Å²) in [5.41, 5.74) is 0.637. The number of para-hydroxylation sites is 1. The highest BCUT2D eigenvalue weighted by molar-refractivity contribution is 8.18. The Bertz CT molecular complexity index is 1130. The van der Waals surface area contributed by atoms with E-state index < -0.39 is 41.5 Å². The van der Waals surface area contributed by atoms with Crippen LogP contribution in [0.3, 0.4) is 0 Å². The normalized spacial score (nSPS) is 15.5. The molecule has 0 saturated carbocycles. The van der Waals surface area contributed by atoms with Gasteiger partial charge in [-0.1, -0.05) is 12.1 Å². The molecule has 1 aliphatic rings. The standard InChI is InChI=1S/C22H19FN2O7S/c1-12(21(28)29)32-19-13(4-3-5-16(19)31-2)10-17-20(27)25(22(30)33-17)11-18(26)24-15-8-6-14(23)7-9-15/h3-10,12H,11H2,1-2H3,(H,24,26)(H,28,29)/b17-10-/t12-/m1/s1. The maximum atomic E-state index is 13.0. The van der Waals surface area contributed by atoms with Crippen molar-refractivity contribution >= 4 is 46.5 Å². The van der Waals surface area contributed by atoms with E-state index in [4.69, 9.17) is 14.6 Å². The molecule has 172 valence electrons. The summed E-state index contributed by atoms with van der Waals surface area (Å²) < 4.78 is 23.7. The molecular formula is C22H19FN2O7S. The van der Waals surface area contributed by atoms with Crippen LogP contribution in [0.1, 0.15) is 12.5 Å². The molecule has 2 N–H and O–H groups in total. The summed E-state index contributed by atoms with van der Waals surface area (Å²) in [6, 6.07) is 9.78. The second kappa shape index (κ2) is 10.2. The number of rotatable bonds is 8. The Hall–Kier alpha value is -3.86. The van der Waals surface area contributed by atoms with E-state index in [1.807, 2.05) is 0 Å². The van der Waals surface area contributed by atoms with Crippen molar-refractivity contribution < 1.29 is 38.1 Å². The summed E-state index contributed by atoms with van der Waals surface area (Å²) in [5.74, 6) is -2.65. The molecule has 2 aromatic rings. The van der Waals surface area contributed by atoms with Crippen LogP contribution in [0.25, 0.3) is 6.08 Å². The average Bonchev–Trinajstić information content (AvgIpc) is 3.03. The first-order valence-electron chi connectivity index (χ1n) is 9.57. The molecule has 0 bridgehead atoms. The van der Waals surface area contributed by atoms with Crippen LogP contribution in [0, 0.1) is 5.82 Å². The van der Waals surface area contributed by atoms with Crippen LogP contribution in [0.15, 0.2) is 47.4 Å². The number of carboxylic acids is 1. The lowest BCUT2D eigenvalue weighted by molar-refractivity contribution is -0.144. The molecule has 1 aliphatic heterocycles. The lowest BCUT2D eigenvalue weighted by Gasteiger charge is -2.16. The van der Waals surface area contributed by atoms with Gasteiger partial charge < -0.3 is 19.9 Å². The Balaban J connectivity index is 1.80. The molecule has 33 heavy (non-hydrogen) atoms. The third-order valence-corrected chi connectivity index (χ3v) is 5.37. The first-order valence-corrected chi connectivity index (χ1v) is 10.4. The molecule has 0 aliphatic carbocycles. The number of hydrogen-bond acceptors (Lipinski definition) is 7. The van der Waals surface area contributed by atoms with E-state index in [-0.39, 0.29) is 16.4 Å². The fourth-order valence-corrected chi connectivity index (χ4v) is 3.64. The van der Waals surface area contributed by atoms with E-state index in [2.05, 4.69) is 5.32 Å². The van der Waals surface area contributed by atoms with Crippen molar-refractivity contribution in [1.82, 2.24) is 4.90 Å². The van der Waals surface area contributed by atoms with Gasteiger partial charge in [0, 0.05) is 11.3 Å². The first kappa shape index (κ1) is 23.8. The number of anilines is 1. The molecule has 3 rings (SSSR count). The molecule has 0 unspecified atom stereocenters. The number of amides is 3. The number of nitrogens with one attached hydrogen (secondary N) is 1. The van der Waals surface area contributed by atoms with Crippen molar-refractivity contribution in [2.45, 2.75) is 13.0 Å². The van der Waals surface area contributed by atoms with Crippen LogP contribution in [-0.4, -0.2) is 52.8 Å². The topological polar surface area (TPSA) is 122 Å². The molecule has 0 radical (unpaired) electrons. The van der Waals surface area contributed by atoms with Crippen molar-refractivity contribution in [2.24, 2.45) is 0 Å². The van der Waals surface area contributed by atoms with Gasteiger partial charge >= 0.3 is 5.97 Å². The summed E-state index contributed by atoms with van der Waals surface area (Å²) in [7, 11) is 1.38. The Kier molecular flexibility index (Phi) is 7.34. The van der Waals surface area contributed by atoms with E-state index in [1.165, 1.54) is 32.2 Å². The van der Waals surface area contributed by atoms with Crippen LogP contribution in [0.5, 0.6) is 11.5 Å². The Morgan fingerprint density at radius 3 is 2.55 bits per heavy atom. The van der Waals surface area contributed by atoms with Gasteiger partial charge in [-0.3, -0.25) is 19.3 Å². The quantitative estimate of drug-likeness (QED) is 0.559. The Morgan fingerprint density at radius 1 is 1.21 bits per heavy atom. The molecule has 0 spiro atoms. The number of methoxy groups -OCH3 is 1. The molecule has 2 aromatic carbocycles. The predicted octanol–water partition coefficient (Wildman–Crippen LogP) is 3.36. The molecule has 1 saturated heterocycles. The largest absolute Gasteiger partial charge is 0.493 e. The third-order valence-electron chi connectivity index (χ3n) is 4.46. The van der Waals surface area contributed by atoms with Gasteiger partial charge in [-0.15, -0.1) is 0 Å². The number of carboxylic acid groups (broad SMARTS) is 1. The van der Waals surface area contributed by atoms with Gasteiger partial charge in [0.2, 0.25) is 5.91 Å². The van der Waals surface area contributed by atoms with Gasteiger partial charge in [-0.2, -0.15) is 0 Å². The molecule has 9 nitrogen and oxygen atoms in total. The van der Waals surface area contributed by atoms with Gasteiger partial charge in [0.25, 0.3) is 11.1 Å². The number of ether oxygens (including phenoxy) is 2. The fraction of sp³-hybridized carbons (Fsp3) is 0.182. The summed E-state index contributed by atoms with van der Waals surface area (Å²) in [6.07, 6.45) is 0.175. The summed E-state index contributed by atoms with van der Waals surface area (Å²) >= 11 is 0.630. The number of aliphatic carboxylic acids is 1. The number of benzene rings is 2. The summed E-state index contributed by atoms with van der Waals surface area (Å²) in [4.78, 5) is 49.4. The minimum absolute atomic E-state index is 0.0238. The van der Waals surface area contributed by atoms with Gasteiger partial charge in [-0.25, -0.2) is 9.18 Å². The third kappa shape index (κ3) is 5.69. The van der Waals surface area contributed by atoms with E-state index in [1.54, 1.807) is 18.2 Å². The smallest absolute Gasteiger partial charge is 0.344 e. The number of carbonyl (C=O) groups excluding carboxylic acids is 3. The molecule has 11 heteroatoms. The SMILES string of the molecule is COc1cccc(/C=C2\SC(=O)N(CC(=O)Nc3ccc(F)cc3)C2=O)c1O[C@H](C)C(=O)O. The monoisotopic (exact) mass is 474 g/mol. The predicted molar refractivity (Wildman–Crippen MR) is 118 cm³/mol. The van der Waals surface area contributed by atoms with Crippen LogP contribution in [0.2, 0.25) is 0 Å². The van der Waals surface area contributed by atoms with E-state index in [0.717, 1.165) is 17.0 Å². The molecule has 0 aromatic heterocycles. The summed E-state index contributed by atoms with van der Waals surface area (Å²) in [6.45, 7) is 0.809. The number of carbonyl (C=O) groups is 4.